The molecule has 0 saturated carbocycles. The Morgan fingerprint density at radius 3 is 1.97 bits per heavy atom. The highest BCUT2D eigenvalue weighted by molar-refractivity contribution is 7.79. The number of benzene rings is 3. The Hall–Kier alpha value is -2.91. The van der Waals surface area contributed by atoms with Gasteiger partial charge in [-0.1, -0.05) is 54.6 Å². The van der Waals surface area contributed by atoms with E-state index < -0.39 is 19.7 Å². The zero-order valence-corrected chi connectivity index (χ0v) is 17.5. The Morgan fingerprint density at radius 2 is 1.40 bits per heavy atom. The maximum atomic E-state index is 13.3. The molecule has 0 aliphatic heterocycles. The lowest BCUT2D eigenvalue weighted by molar-refractivity contribution is -0.137. The molecule has 0 amide bonds. The predicted molar refractivity (Wildman–Crippen MR) is 117 cm³/mol. The Labute approximate surface area is 174 Å². The predicted octanol–water partition coefficient (Wildman–Crippen LogP) is 5.27. The molecular formula is C24H20F3N2P. The minimum absolute atomic E-state index is 0.451. The number of imidazole rings is 1. The summed E-state index contributed by atoms with van der Waals surface area (Å²) in [5, 5.41) is 2.28. The van der Waals surface area contributed by atoms with Crippen LogP contribution < -0.4 is 16.2 Å². The number of alkyl halides is 3. The molecule has 30 heavy (non-hydrogen) atoms. The van der Waals surface area contributed by atoms with E-state index in [0.717, 1.165) is 33.4 Å². The molecule has 3 aromatic carbocycles. The van der Waals surface area contributed by atoms with Gasteiger partial charge in [-0.05, 0) is 53.8 Å². The third-order valence-electron chi connectivity index (χ3n) is 4.99. The second kappa shape index (κ2) is 8.08. The third kappa shape index (κ3) is 3.90. The normalized spacial score (nSPS) is 11.8. The number of halogens is 3. The van der Waals surface area contributed by atoms with Gasteiger partial charge in [-0.2, -0.15) is 13.2 Å². The van der Waals surface area contributed by atoms with Crippen LogP contribution in [0.2, 0.25) is 0 Å². The molecule has 0 spiro atoms. The number of hydrogen-bond acceptors (Lipinski definition) is 1. The van der Waals surface area contributed by atoms with Crippen molar-refractivity contribution in [1.29, 1.82) is 0 Å². The van der Waals surface area contributed by atoms with Crippen LogP contribution in [0.25, 0.3) is 5.69 Å². The van der Waals surface area contributed by atoms with Gasteiger partial charge in [0.05, 0.1) is 5.56 Å². The van der Waals surface area contributed by atoms with Crippen LogP contribution in [0.5, 0.6) is 0 Å². The van der Waals surface area contributed by atoms with Crippen molar-refractivity contribution in [2.24, 2.45) is 0 Å². The molecule has 0 radical (unpaired) electrons. The summed E-state index contributed by atoms with van der Waals surface area (Å²) in [7, 11) is -1.06. The minimum atomic E-state index is -4.40. The van der Waals surface area contributed by atoms with Gasteiger partial charge in [0.1, 0.15) is 5.57 Å². The van der Waals surface area contributed by atoms with Gasteiger partial charge in [0, 0.05) is 26.0 Å². The minimum Gasteiger partial charge on any atom is -0.300 e. The Bertz CT molecular complexity index is 1140. The third-order valence-corrected chi connectivity index (χ3v) is 7.68. The lowest BCUT2D eigenvalue weighted by Gasteiger charge is -2.23. The summed E-state index contributed by atoms with van der Waals surface area (Å²) in [6.07, 6.45) is -1.01. The van der Waals surface area contributed by atoms with Gasteiger partial charge in [0.2, 0.25) is 0 Å². The van der Waals surface area contributed by atoms with E-state index >= 15 is 0 Å². The molecule has 0 atom stereocenters. The topological polar surface area (TPSA) is 17.8 Å². The Morgan fingerprint density at radius 1 is 0.800 bits per heavy atom. The maximum absolute atomic E-state index is 13.3. The molecule has 1 heterocycles. The highest BCUT2D eigenvalue weighted by Crippen LogP contribution is 2.36. The van der Waals surface area contributed by atoms with Crippen LogP contribution in [0.15, 0.2) is 85.2 Å². The van der Waals surface area contributed by atoms with Crippen molar-refractivity contribution in [2.45, 2.75) is 20.0 Å². The van der Waals surface area contributed by atoms with Crippen molar-refractivity contribution in [3.63, 3.8) is 0 Å². The van der Waals surface area contributed by atoms with E-state index in [-0.39, 0.29) is 0 Å². The van der Waals surface area contributed by atoms with Crippen LogP contribution in [0.4, 0.5) is 13.2 Å². The van der Waals surface area contributed by atoms with Gasteiger partial charge in [0.15, 0.2) is 0 Å². The maximum Gasteiger partial charge on any atom is 0.416 e. The second-order valence-corrected chi connectivity index (χ2v) is 9.09. The smallest absolute Gasteiger partial charge is 0.300 e. The van der Waals surface area contributed by atoms with Crippen LogP contribution in [-0.2, 0) is 6.18 Å². The summed E-state index contributed by atoms with van der Waals surface area (Å²) in [5.74, 6) is 0. The molecule has 1 aromatic heterocycles. The standard InChI is InChI=1S/C24H20F3N2P/c1-17-8-3-5-12-21(17)30(22-13-6-4-9-18(22)2)23-28-14-15-29(23)20-11-7-10-19(16-20)24(25,26)27/h3-16H,1-2H3. The molecule has 4 rings (SSSR count). The van der Waals surface area contributed by atoms with Gasteiger partial charge < -0.3 is 0 Å². The average Bonchev–Trinajstić information content (AvgIpc) is 3.20. The lowest BCUT2D eigenvalue weighted by atomic mass is 10.2. The largest absolute Gasteiger partial charge is 0.416 e. The first kappa shape index (κ1) is 20.4. The van der Waals surface area contributed by atoms with E-state index in [1.165, 1.54) is 12.1 Å². The van der Waals surface area contributed by atoms with Crippen LogP contribution in [-0.4, -0.2) is 9.55 Å². The van der Waals surface area contributed by atoms with E-state index in [0.29, 0.717) is 5.69 Å². The highest BCUT2D eigenvalue weighted by atomic mass is 31.1. The summed E-state index contributed by atoms with van der Waals surface area (Å²) >= 11 is 0. The monoisotopic (exact) mass is 424 g/mol. The lowest BCUT2D eigenvalue weighted by Crippen LogP contribution is -2.29. The van der Waals surface area contributed by atoms with E-state index in [1.54, 1.807) is 23.0 Å². The van der Waals surface area contributed by atoms with Gasteiger partial charge in [0.25, 0.3) is 0 Å². The van der Waals surface area contributed by atoms with Crippen molar-refractivity contribution >= 4 is 24.1 Å². The van der Waals surface area contributed by atoms with Crippen molar-refractivity contribution in [2.75, 3.05) is 0 Å². The van der Waals surface area contributed by atoms with Crippen molar-refractivity contribution < 1.29 is 13.2 Å². The molecule has 0 aliphatic rings. The van der Waals surface area contributed by atoms with Crippen LogP contribution in [0.1, 0.15) is 16.7 Å². The summed E-state index contributed by atoms with van der Waals surface area (Å²) in [5.41, 5.74) is 2.78. The van der Waals surface area contributed by atoms with Crippen LogP contribution in [0.3, 0.4) is 0 Å². The fraction of sp³-hybridized carbons (Fsp3) is 0.125. The van der Waals surface area contributed by atoms with Crippen molar-refractivity contribution in [1.82, 2.24) is 9.55 Å². The van der Waals surface area contributed by atoms with E-state index in [4.69, 9.17) is 0 Å². The van der Waals surface area contributed by atoms with Gasteiger partial charge in [-0.25, -0.2) is 4.98 Å². The fourth-order valence-corrected chi connectivity index (χ4v) is 6.06. The number of rotatable bonds is 4. The zero-order chi connectivity index (χ0) is 21.3. The molecule has 2 nitrogen and oxygen atoms in total. The molecule has 0 aliphatic carbocycles. The first-order valence-electron chi connectivity index (χ1n) is 9.48. The van der Waals surface area contributed by atoms with Crippen LogP contribution >= 0.6 is 7.92 Å². The first-order chi connectivity index (χ1) is 14.4. The number of hydrogen-bond donors (Lipinski definition) is 0. The zero-order valence-electron chi connectivity index (χ0n) is 16.6. The second-order valence-electron chi connectivity index (χ2n) is 7.05. The molecule has 4 aromatic rings. The van der Waals surface area contributed by atoms with E-state index in [9.17, 15) is 13.2 Å². The molecule has 0 unspecified atom stereocenters. The quantitative estimate of drug-likeness (QED) is 0.409. The van der Waals surface area contributed by atoms with Gasteiger partial charge in [-0.15, -0.1) is 0 Å². The molecule has 6 heteroatoms. The van der Waals surface area contributed by atoms with Crippen molar-refractivity contribution in [3.8, 4) is 5.69 Å². The van der Waals surface area contributed by atoms with Gasteiger partial charge >= 0.3 is 6.18 Å². The Kier molecular flexibility index (Phi) is 5.48. The molecule has 0 N–H and O–H groups in total. The van der Waals surface area contributed by atoms with E-state index in [1.807, 2.05) is 24.3 Å². The number of nitrogens with zero attached hydrogens (tertiary/aromatic N) is 2. The number of aromatic nitrogens is 2. The SMILES string of the molecule is Cc1ccccc1P(c1ccccc1C)c1nccn1-c1cccc(C(F)(F)F)c1. The van der Waals surface area contributed by atoms with Crippen molar-refractivity contribution in [3.05, 3.63) is 102 Å². The molecular weight excluding hydrogens is 404 g/mol. The highest BCUT2D eigenvalue weighted by Gasteiger charge is 2.31. The molecule has 0 fully saturated rings. The van der Waals surface area contributed by atoms with Gasteiger partial charge in [-0.3, -0.25) is 4.57 Å². The average molecular weight is 424 g/mol. The van der Waals surface area contributed by atoms with Crippen LogP contribution in [0, 0.1) is 13.8 Å². The first-order valence-corrected chi connectivity index (χ1v) is 10.8. The molecule has 0 bridgehead atoms. The summed E-state index contributed by atoms with van der Waals surface area (Å²) < 4.78 is 41.6. The number of aryl methyl sites for hydroxylation is 2. The summed E-state index contributed by atoms with van der Waals surface area (Å²) in [6, 6.07) is 21.6. The summed E-state index contributed by atoms with van der Waals surface area (Å²) in [6.45, 7) is 4.11. The fourth-order valence-electron chi connectivity index (χ4n) is 3.47. The molecule has 152 valence electrons. The molecule has 0 saturated heterocycles. The Balaban J connectivity index is 1.93. The van der Waals surface area contributed by atoms with E-state index in [2.05, 4.69) is 43.1 Å². The summed E-state index contributed by atoms with van der Waals surface area (Å²) in [4.78, 5) is 4.63.